The molecule has 1 aliphatic carbocycles. The maximum Gasteiger partial charge on any atom is 0.573 e. The average Bonchev–Trinajstić information content (AvgIpc) is 3.20. The first-order valence-electron chi connectivity index (χ1n) is 10.5. The summed E-state index contributed by atoms with van der Waals surface area (Å²) in [7, 11) is 0. The molecular weight excluding hydrogens is 375 g/mol. The molecule has 2 aliphatic rings. The van der Waals surface area contributed by atoms with E-state index in [4.69, 9.17) is 0 Å². The molecule has 158 valence electrons. The van der Waals surface area contributed by atoms with Crippen LogP contribution in [0.5, 0.6) is 5.75 Å². The fraction of sp³-hybridized carbons (Fsp3) is 0.542. The van der Waals surface area contributed by atoms with Gasteiger partial charge < -0.3 is 4.74 Å². The maximum atomic E-state index is 12.8. The lowest BCUT2D eigenvalue weighted by Gasteiger charge is -2.23. The van der Waals surface area contributed by atoms with Gasteiger partial charge in [-0.1, -0.05) is 44.6 Å². The summed E-state index contributed by atoms with van der Waals surface area (Å²) in [6.45, 7) is 9.54. The Hall–Kier alpha value is -2.04. The van der Waals surface area contributed by atoms with Crippen LogP contribution in [-0.2, 0) is 5.41 Å². The zero-order chi connectivity index (χ0) is 21.2. The fourth-order valence-corrected chi connectivity index (χ4v) is 4.42. The number of hydrogen-bond donors (Lipinski definition) is 0. The SMILES string of the molecule is CC1=[N+](CCC(C)C)c2ccc(OC(F)(F)F)cc2C1(C)CCCC1C=CC=C1. The van der Waals surface area contributed by atoms with E-state index in [1.807, 2.05) is 0 Å². The molecule has 0 amide bonds. The standard InChI is InChI=1S/C24H31F3NO/c1-17(2)13-15-28-18(3)23(4,14-7-10-19-8-5-6-9-19)21-16-20(11-12-22(21)28)29-24(25,26)27/h5-6,8-9,11-12,16-17,19H,7,10,13-15H2,1-4H3/q+1. The van der Waals surface area contributed by atoms with Crippen LogP contribution >= 0.6 is 0 Å². The van der Waals surface area contributed by atoms with E-state index in [-0.39, 0.29) is 11.2 Å². The third kappa shape index (κ3) is 4.93. The van der Waals surface area contributed by atoms with E-state index >= 15 is 0 Å². The first kappa shape index (κ1) is 21.7. The zero-order valence-corrected chi connectivity index (χ0v) is 17.7. The second-order valence-electron chi connectivity index (χ2n) is 8.80. The van der Waals surface area contributed by atoms with Crippen LogP contribution in [0.25, 0.3) is 0 Å². The Morgan fingerprint density at radius 3 is 2.48 bits per heavy atom. The van der Waals surface area contributed by atoms with Crippen molar-refractivity contribution in [3.63, 3.8) is 0 Å². The molecular formula is C24H31F3NO+. The number of nitrogens with zero attached hydrogens (tertiary/aromatic N) is 1. The van der Waals surface area contributed by atoms with Crippen molar-refractivity contribution in [1.82, 2.24) is 0 Å². The van der Waals surface area contributed by atoms with Crippen molar-refractivity contribution in [2.75, 3.05) is 6.54 Å². The lowest BCUT2D eigenvalue weighted by molar-refractivity contribution is -0.440. The molecule has 3 rings (SSSR count). The Bertz CT molecular complexity index is 823. The average molecular weight is 407 g/mol. The van der Waals surface area contributed by atoms with Gasteiger partial charge in [-0.3, -0.25) is 0 Å². The Morgan fingerprint density at radius 1 is 1.17 bits per heavy atom. The van der Waals surface area contributed by atoms with Gasteiger partial charge in [-0.2, -0.15) is 4.58 Å². The minimum Gasteiger partial charge on any atom is -0.406 e. The summed E-state index contributed by atoms with van der Waals surface area (Å²) in [4.78, 5) is 0. The Balaban J connectivity index is 1.89. The van der Waals surface area contributed by atoms with Gasteiger partial charge in [0.2, 0.25) is 5.69 Å². The molecule has 2 nitrogen and oxygen atoms in total. The molecule has 5 heteroatoms. The van der Waals surface area contributed by atoms with Crippen LogP contribution in [0.15, 0.2) is 42.5 Å². The topological polar surface area (TPSA) is 12.2 Å². The van der Waals surface area contributed by atoms with Gasteiger partial charge in [0.15, 0.2) is 5.71 Å². The number of allylic oxidation sites excluding steroid dienone is 4. The first-order chi connectivity index (χ1) is 13.6. The lowest BCUT2D eigenvalue weighted by Crippen LogP contribution is -2.31. The normalized spacial score (nSPS) is 21.5. The highest BCUT2D eigenvalue weighted by Crippen LogP contribution is 2.45. The van der Waals surface area contributed by atoms with Crippen LogP contribution < -0.4 is 4.74 Å². The monoisotopic (exact) mass is 406 g/mol. The lowest BCUT2D eigenvalue weighted by atomic mass is 9.75. The number of alkyl halides is 3. The largest absolute Gasteiger partial charge is 0.573 e. The second-order valence-corrected chi connectivity index (χ2v) is 8.80. The van der Waals surface area contributed by atoms with E-state index in [2.05, 4.69) is 61.3 Å². The summed E-state index contributed by atoms with van der Waals surface area (Å²) in [5.41, 5.74) is 2.89. The van der Waals surface area contributed by atoms with Crippen molar-refractivity contribution in [3.8, 4) is 5.75 Å². The van der Waals surface area contributed by atoms with E-state index in [0.29, 0.717) is 11.8 Å². The molecule has 1 aliphatic heterocycles. The van der Waals surface area contributed by atoms with Gasteiger partial charge in [-0.15, -0.1) is 13.2 Å². The minimum atomic E-state index is -4.68. The third-order valence-corrected chi connectivity index (χ3v) is 6.26. The van der Waals surface area contributed by atoms with Crippen molar-refractivity contribution in [2.45, 2.75) is 65.2 Å². The highest BCUT2D eigenvalue weighted by Gasteiger charge is 2.46. The molecule has 1 unspecified atom stereocenters. The van der Waals surface area contributed by atoms with Gasteiger partial charge >= 0.3 is 6.36 Å². The van der Waals surface area contributed by atoms with Gasteiger partial charge in [0.25, 0.3) is 0 Å². The third-order valence-electron chi connectivity index (χ3n) is 6.26. The Labute approximate surface area is 171 Å². The van der Waals surface area contributed by atoms with Gasteiger partial charge in [0, 0.05) is 25.0 Å². The van der Waals surface area contributed by atoms with Crippen LogP contribution in [0, 0.1) is 11.8 Å². The molecule has 0 bridgehead atoms. The molecule has 0 saturated heterocycles. The molecule has 1 heterocycles. The predicted molar refractivity (Wildman–Crippen MR) is 111 cm³/mol. The second kappa shape index (κ2) is 8.37. The number of benzene rings is 1. The summed E-state index contributed by atoms with van der Waals surface area (Å²) < 4.78 is 44.8. The molecule has 0 spiro atoms. The first-order valence-corrected chi connectivity index (χ1v) is 10.5. The van der Waals surface area contributed by atoms with Crippen LogP contribution in [0.2, 0.25) is 0 Å². The van der Waals surface area contributed by atoms with Crippen molar-refractivity contribution in [1.29, 1.82) is 0 Å². The molecule has 1 aromatic carbocycles. The summed E-state index contributed by atoms with van der Waals surface area (Å²) >= 11 is 0. The quantitative estimate of drug-likeness (QED) is 0.427. The summed E-state index contributed by atoms with van der Waals surface area (Å²) in [5, 5.41) is 0. The Morgan fingerprint density at radius 2 is 1.86 bits per heavy atom. The fourth-order valence-electron chi connectivity index (χ4n) is 4.42. The number of hydrogen-bond acceptors (Lipinski definition) is 1. The summed E-state index contributed by atoms with van der Waals surface area (Å²) in [5.74, 6) is 0.895. The molecule has 29 heavy (non-hydrogen) atoms. The van der Waals surface area contributed by atoms with Crippen molar-refractivity contribution < 1.29 is 22.5 Å². The van der Waals surface area contributed by atoms with Crippen LogP contribution in [0.1, 0.15) is 58.9 Å². The molecule has 0 N–H and O–H groups in total. The van der Waals surface area contributed by atoms with Gasteiger partial charge in [0.05, 0.1) is 5.41 Å². The zero-order valence-electron chi connectivity index (χ0n) is 17.7. The van der Waals surface area contributed by atoms with Gasteiger partial charge in [-0.25, -0.2) is 0 Å². The Kier molecular flexibility index (Phi) is 6.25. The van der Waals surface area contributed by atoms with E-state index in [1.54, 1.807) is 12.1 Å². The highest BCUT2D eigenvalue weighted by molar-refractivity contribution is 5.93. The van der Waals surface area contributed by atoms with Gasteiger partial charge in [-0.05, 0) is 43.7 Å². The predicted octanol–water partition coefficient (Wildman–Crippen LogP) is 6.92. The number of ether oxygens (including phenoxy) is 1. The summed E-state index contributed by atoms with van der Waals surface area (Å²) in [6.07, 6.45) is 7.86. The van der Waals surface area contributed by atoms with E-state index in [0.717, 1.165) is 43.5 Å². The summed E-state index contributed by atoms with van der Waals surface area (Å²) in [6, 6.07) is 4.81. The van der Waals surface area contributed by atoms with E-state index in [9.17, 15) is 13.2 Å². The molecule has 0 radical (unpaired) electrons. The van der Waals surface area contributed by atoms with E-state index in [1.165, 1.54) is 11.8 Å². The van der Waals surface area contributed by atoms with Crippen molar-refractivity contribution >= 4 is 11.4 Å². The highest BCUT2D eigenvalue weighted by atomic mass is 19.4. The molecule has 0 fully saturated rings. The van der Waals surface area contributed by atoms with Crippen LogP contribution in [0.4, 0.5) is 18.9 Å². The van der Waals surface area contributed by atoms with Crippen LogP contribution in [0.3, 0.4) is 0 Å². The minimum absolute atomic E-state index is 0.136. The van der Waals surface area contributed by atoms with Gasteiger partial charge in [0.1, 0.15) is 12.3 Å². The van der Waals surface area contributed by atoms with Crippen molar-refractivity contribution in [3.05, 3.63) is 48.1 Å². The molecule has 0 aromatic heterocycles. The number of fused-ring (bicyclic) bond motifs is 1. The number of halogens is 3. The van der Waals surface area contributed by atoms with E-state index < -0.39 is 6.36 Å². The maximum absolute atomic E-state index is 12.8. The molecule has 0 saturated carbocycles. The van der Waals surface area contributed by atoms with Crippen LogP contribution in [-0.4, -0.2) is 23.2 Å². The molecule has 1 aromatic rings. The number of rotatable bonds is 8. The van der Waals surface area contributed by atoms with Crippen molar-refractivity contribution in [2.24, 2.45) is 11.8 Å². The molecule has 1 atom stereocenters. The smallest absolute Gasteiger partial charge is 0.406 e.